The smallest absolute Gasteiger partial charge is 0.115 e. The fourth-order valence-corrected chi connectivity index (χ4v) is 3.53. The van der Waals surface area contributed by atoms with Crippen molar-refractivity contribution in [2.24, 2.45) is 0 Å². The SMILES string of the molecule is C[C@H](c1ccccc1)N1CCCC[C@H]1c1ccc(CF)cc1. The summed E-state index contributed by atoms with van der Waals surface area (Å²) < 4.78 is 12.7. The molecule has 0 bridgehead atoms. The van der Waals surface area contributed by atoms with Crippen molar-refractivity contribution < 1.29 is 4.39 Å². The first kappa shape index (κ1) is 15.2. The van der Waals surface area contributed by atoms with Gasteiger partial charge in [0.15, 0.2) is 0 Å². The monoisotopic (exact) mass is 297 g/mol. The van der Waals surface area contributed by atoms with Crippen LogP contribution in [0.4, 0.5) is 4.39 Å². The quantitative estimate of drug-likeness (QED) is 0.726. The second-order valence-electron chi connectivity index (χ2n) is 6.21. The molecule has 0 aromatic heterocycles. The molecule has 22 heavy (non-hydrogen) atoms. The maximum absolute atomic E-state index is 12.7. The zero-order chi connectivity index (χ0) is 15.4. The summed E-state index contributed by atoms with van der Waals surface area (Å²) in [4.78, 5) is 2.60. The minimum atomic E-state index is -0.380. The van der Waals surface area contributed by atoms with Gasteiger partial charge in [0.2, 0.25) is 0 Å². The number of piperidine rings is 1. The van der Waals surface area contributed by atoms with Gasteiger partial charge < -0.3 is 0 Å². The van der Waals surface area contributed by atoms with Crippen molar-refractivity contribution in [2.75, 3.05) is 6.54 Å². The molecular formula is C20H24FN. The van der Waals surface area contributed by atoms with E-state index in [1.165, 1.54) is 30.4 Å². The van der Waals surface area contributed by atoms with Crippen molar-refractivity contribution in [1.29, 1.82) is 0 Å². The molecule has 1 aliphatic heterocycles. The highest BCUT2D eigenvalue weighted by Crippen LogP contribution is 2.37. The predicted octanol–water partition coefficient (Wildman–Crippen LogP) is 5.44. The summed E-state index contributed by atoms with van der Waals surface area (Å²) in [5, 5.41) is 0. The molecule has 0 amide bonds. The molecule has 0 spiro atoms. The molecule has 2 atom stereocenters. The average Bonchev–Trinajstić information content (AvgIpc) is 2.62. The summed E-state index contributed by atoms with van der Waals surface area (Å²) in [5.41, 5.74) is 3.46. The highest BCUT2D eigenvalue weighted by molar-refractivity contribution is 5.26. The van der Waals surface area contributed by atoms with E-state index >= 15 is 0 Å². The molecule has 2 aromatic carbocycles. The highest BCUT2D eigenvalue weighted by atomic mass is 19.1. The molecule has 1 aliphatic rings. The third-order valence-electron chi connectivity index (χ3n) is 4.84. The number of nitrogens with zero attached hydrogens (tertiary/aromatic N) is 1. The molecule has 2 heteroatoms. The molecule has 116 valence electrons. The Morgan fingerprint density at radius 3 is 2.45 bits per heavy atom. The molecule has 0 saturated carbocycles. The van der Waals surface area contributed by atoms with Crippen molar-refractivity contribution in [1.82, 2.24) is 4.90 Å². The van der Waals surface area contributed by atoms with Gasteiger partial charge in [-0.15, -0.1) is 0 Å². The van der Waals surface area contributed by atoms with Crippen LogP contribution < -0.4 is 0 Å². The van der Waals surface area contributed by atoms with Crippen LogP contribution in [-0.4, -0.2) is 11.4 Å². The summed E-state index contributed by atoms with van der Waals surface area (Å²) in [6.07, 6.45) is 3.72. The molecule has 1 saturated heterocycles. The van der Waals surface area contributed by atoms with Crippen LogP contribution in [0.2, 0.25) is 0 Å². The standard InChI is InChI=1S/C20H24FN/c1-16(18-7-3-2-4-8-18)22-14-6-5-9-20(22)19-12-10-17(15-21)11-13-19/h2-4,7-8,10-13,16,20H,5-6,9,14-15H2,1H3/t16-,20+/m1/s1. The lowest BCUT2D eigenvalue weighted by Gasteiger charge is -2.40. The van der Waals surface area contributed by atoms with E-state index in [0.29, 0.717) is 12.1 Å². The molecule has 0 aliphatic carbocycles. The Hall–Kier alpha value is -1.67. The number of hydrogen-bond donors (Lipinski definition) is 0. The molecule has 1 heterocycles. The molecule has 2 aromatic rings. The fourth-order valence-electron chi connectivity index (χ4n) is 3.53. The Bertz CT molecular complexity index is 578. The van der Waals surface area contributed by atoms with Crippen LogP contribution in [0.3, 0.4) is 0 Å². The van der Waals surface area contributed by atoms with Crippen LogP contribution >= 0.6 is 0 Å². The number of halogens is 1. The Balaban J connectivity index is 1.84. The zero-order valence-corrected chi connectivity index (χ0v) is 13.2. The maximum atomic E-state index is 12.7. The Labute approximate surface area is 132 Å². The summed E-state index contributed by atoms with van der Waals surface area (Å²) in [6, 6.07) is 19.6. The van der Waals surface area contributed by atoms with Gasteiger partial charge in [0.05, 0.1) is 0 Å². The van der Waals surface area contributed by atoms with E-state index in [0.717, 1.165) is 12.1 Å². The predicted molar refractivity (Wildman–Crippen MR) is 89.4 cm³/mol. The minimum Gasteiger partial charge on any atom is -0.290 e. The number of alkyl halides is 1. The van der Waals surface area contributed by atoms with Crippen molar-refractivity contribution in [3.05, 3.63) is 71.3 Å². The molecule has 3 rings (SSSR count). The number of hydrogen-bond acceptors (Lipinski definition) is 1. The molecule has 1 nitrogen and oxygen atoms in total. The first-order valence-electron chi connectivity index (χ1n) is 8.25. The van der Waals surface area contributed by atoms with E-state index in [4.69, 9.17) is 0 Å². The highest BCUT2D eigenvalue weighted by Gasteiger charge is 2.28. The first-order chi connectivity index (χ1) is 10.8. The Morgan fingerprint density at radius 1 is 1.05 bits per heavy atom. The lowest BCUT2D eigenvalue weighted by Crippen LogP contribution is -2.35. The molecule has 1 fully saturated rings. The summed E-state index contributed by atoms with van der Waals surface area (Å²) in [7, 11) is 0. The van der Waals surface area contributed by atoms with E-state index in [1.54, 1.807) is 0 Å². The molecular weight excluding hydrogens is 273 g/mol. The van der Waals surface area contributed by atoms with Crippen LogP contribution in [0.15, 0.2) is 54.6 Å². The second-order valence-corrected chi connectivity index (χ2v) is 6.21. The van der Waals surface area contributed by atoms with Gasteiger partial charge in [-0.2, -0.15) is 0 Å². The van der Waals surface area contributed by atoms with Gasteiger partial charge in [0.25, 0.3) is 0 Å². The van der Waals surface area contributed by atoms with Gasteiger partial charge in [-0.25, -0.2) is 4.39 Å². The second kappa shape index (κ2) is 7.06. The van der Waals surface area contributed by atoms with Crippen LogP contribution in [0.1, 0.15) is 55.0 Å². The van der Waals surface area contributed by atoms with Gasteiger partial charge >= 0.3 is 0 Å². The molecule has 0 N–H and O–H groups in total. The van der Waals surface area contributed by atoms with E-state index in [1.807, 2.05) is 12.1 Å². The zero-order valence-electron chi connectivity index (χ0n) is 13.2. The first-order valence-corrected chi connectivity index (χ1v) is 8.25. The number of benzene rings is 2. The lowest BCUT2D eigenvalue weighted by atomic mass is 9.92. The van der Waals surface area contributed by atoms with Gasteiger partial charge in [0.1, 0.15) is 6.67 Å². The van der Waals surface area contributed by atoms with Crippen molar-refractivity contribution in [3.63, 3.8) is 0 Å². The van der Waals surface area contributed by atoms with E-state index in [2.05, 4.69) is 54.3 Å². The molecule has 0 radical (unpaired) electrons. The van der Waals surface area contributed by atoms with Crippen molar-refractivity contribution in [2.45, 2.75) is 44.9 Å². The van der Waals surface area contributed by atoms with Gasteiger partial charge in [-0.3, -0.25) is 4.90 Å². The van der Waals surface area contributed by atoms with Crippen molar-refractivity contribution in [3.8, 4) is 0 Å². The van der Waals surface area contributed by atoms with Gasteiger partial charge in [-0.05, 0) is 43.0 Å². The summed E-state index contributed by atoms with van der Waals surface area (Å²) >= 11 is 0. The van der Waals surface area contributed by atoms with Crippen LogP contribution in [0.25, 0.3) is 0 Å². The van der Waals surface area contributed by atoms with Crippen LogP contribution in [0, 0.1) is 0 Å². The van der Waals surface area contributed by atoms with E-state index in [-0.39, 0.29) is 6.67 Å². The van der Waals surface area contributed by atoms with Crippen LogP contribution in [-0.2, 0) is 6.67 Å². The number of rotatable bonds is 4. The van der Waals surface area contributed by atoms with E-state index < -0.39 is 0 Å². The third kappa shape index (κ3) is 3.22. The lowest BCUT2D eigenvalue weighted by molar-refractivity contribution is 0.103. The van der Waals surface area contributed by atoms with E-state index in [9.17, 15) is 4.39 Å². The largest absolute Gasteiger partial charge is 0.290 e. The average molecular weight is 297 g/mol. The van der Waals surface area contributed by atoms with Gasteiger partial charge in [-0.1, -0.05) is 61.0 Å². The minimum absolute atomic E-state index is 0.380. The van der Waals surface area contributed by atoms with Crippen molar-refractivity contribution >= 4 is 0 Å². The topological polar surface area (TPSA) is 3.24 Å². The van der Waals surface area contributed by atoms with Gasteiger partial charge in [0, 0.05) is 12.1 Å². The number of likely N-dealkylation sites (tertiary alicyclic amines) is 1. The van der Waals surface area contributed by atoms with Crippen LogP contribution in [0.5, 0.6) is 0 Å². The summed E-state index contributed by atoms with van der Waals surface area (Å²) in [5.74, 6) is 0. The summed E-state index contributed by atoms with van der Waals surface area (Å²) in [6.45, 7) is 3.05. The normalized spacial score (nSPS) is 20.7. The fraction of sp³-hybridized carbons (Fsp3) is 0.400. The third-order valence-corrected chi connectivity index (χ3v) is 4.84. The maximum Gasteiger partial charge on any atom is 0.115 e. The Morgan fingerprint density at radius 2 is 1.77 bits per heavy atom. The Kier molecular flexibility index (Phi) is 4.89. The molecule has 0 unspecified atom stereocenters.